The lowest BCUT2D eigenvalue weighted by Gasteiger charge is -2.37. The van der Waals surface area contributed by atoms with E-state index < -0.39 is 0 Å². The van der Waals surface area contributed by atoms with Crippen molar-refractivity contribution in [2.24, 2.45) is 29.1 Å². The molecule has 126 valence electrons. The van der Waals surface area contributed by atoms with Crippen molar-refractivity contribution in [3.05, 3.63) is 25.3 Å². The number of hydrogen-bond acceptors (Lipinski definition) is 4. The molecule has 4 heteroatoms. The quantitative estimate of drug-likeness (QED) is 0.557. The van der Waals surface area contributed by atoms with Gasteiger partial charge in [0.15, 0.2) is 0 Å². The van der Waals surface area contributed by atoms with Gasteiger partial charge in [-0.25, -0.2) is 9.59 Å². The summed E-state index contributed by atoms with van der Waals surface area (Å²) in [4.78, 5) is 22.9. The van der Waals surface area contributed by atoms with Gasteiger partial charge >= 0.3 is 11.9 Å². The van der Waals surface area contributed by atoms with Crippen LogP contribution in [0.5, 0.6) is 0 Å². The summed E-state index contributed by atoms with van der Waals surface area (Å²) in [6.07, 6.45) is 8.14. The summed E-state index contributed by atoms with van der Waals surface area (Å²) in [6, 6.07) is 0. The minimum Gasteiger partial charge on any atom is -0.462 e. The number of fused-ring (bicyclic) bond motifs is 5. The molecular formula is C19H26O4. The molecule has 2 bridgehead atoms. The Morgan fingerprint density at radius 1 is 1.22 bits per heavy atom. The zero-order chi connectivity index (χ0) is 16.6. The van der Waals surface area contributed by atoms with E-state index in [0.29, 0.717) is 30.3 Å². The molecule has 3 saturated carbocycles. The molecule has 0 radical (unpaired) electrons. The highest BCUT2D eigenvalue weighted by atomic mass is 16.5. The summed E-state index contributed by atoms with van der Waals surface area (Å²) in [5.41, 5.74) is 0.144. The van der Waals surface area contributed by atoms with E-state index in [1.165, 1.54) is 18.6 Å². The number of carbonyl (C=O) groups excluding carboxylic acids is 2. The van der Waals surface area contributed by atoms with Crippen LogP contribution in [0.25, 0.3) is 0 Å². The van der Waals surface area contributed by atoms with Crippen molar-refractivity contribution in [2.45, 2.75) is 45.1 Å². The van der Waals surface area contributed by atoms with Crippen molar-refractivity contribution in [2.75, 3.05) is 6.61 Å². The Kier molecular flexibility index (Phi) is 4.35. The molecule has 0 N–H and O–H groups in total. The van der Waals surface area contributed by atoms with Crippen LogP contribution in [0.4, 0.5) is 0 Å². The molecule has 0 aliphatic heterocycles. The molecule has 3 aliphatic carbocycles. The fourth-order valence-corrected chi connectivity index (χ4v) is 5.69. The molecule has 0 heterocycles. The van der Waals surface area contributed by atoms with Crippen LogP contribution in [0.2, 0.25) is 0 Å². The first kappa shape index (κ1) is 16.3. The first-order chi connectivity index (χ1) is 11.0. The van der Waals surface area contributed by atoms with E-state index in [1.807, 2.05) is 6.92 Å². The molecule has 3 rings (SSSR count). The molecule has 0 aromatic carbocycles. The molecular weight excluding hydrogens is 292 g/mol. The third-order valence-electron chi connectivity index (χ3n) is 6.52. The molecule has 6 atom stereocenters. The lowest BCUT2D eigenvalue weighted by molar-refractivity contribution is -0.146. The van der Waals surface area contributed by atoms with E-state index in [2.05, 4.69) is 13.2 Å². The standard InChI is InChI=1S/C19H26O4/c1-4-16(20)22-11-19-9-8-13(10-19)18-14(6-7-15(18)19)12(3)23-17(21)5-2/h4-5,12-15,18H,1-2,6-11H2,3H3. The highest BCUT2D eigenvalue weighted by Crippen LogP contribution is 2.67. The lowest BCUT2D eigenvalue weighted by Crippen LogP contribution is -2.36. The van der Waals surface area contributed by atoms with Crippen molar-refractivity contribution >= 4 is 11.9 Å². The maximum atomic E-state index is 11.5. The zero-order valence-corrected chi connectivity index (χ0v) is 13.8. The Bertz CT molecular complexity index is 525. The first-order valence-corrected chi connectivity index (χ1v) is 8.63. The second kappa shape index (κ2) is 6.14. The zero-order valence-electron chi connectivity index (χ0n) is 13.8. The van der Waals surface area contributed by atoms with Crippen molar-refractivity contribution < 1.29 is 19.1 Å². The smallest absolute Gasteiger partial charge is 0.330 e. The summed E-state index contributed by atoms with van der Waals surface area (Å²) in [5.74, 6) is 1.63. The molecule has 3 fully saturated rings. The Hall–Kier alpha value is -1.58. The molecule has 0 amide bonds. The normalized spacial score (nSPS) is 38.7. The van der Waals surface area contributed by atoms with E-state index >= 15 is 0 Å². The number of esters is 2. The molecule has 4 nitrogen and oxygen atoms in total. The van der Waals surface area contributed by atoms with Gasteiger partial charge in [-0.05, 0) is 62.7 Å². The SMILES string of the molecule is C=CC(=O)OCC12CCC(C1)C1C(C(C)OC(=O)C=C)CCC12. The summed E-state index contributed by atoms with van der Waals surface area (Å²) in [5, 5.41) is 0. The summed E-state index contributed by atoms with van der Waals surface area (Å²) in [7, 11) is 0. The van der Waals surface area contributed by atoms with Crippen LogP contribution in [0.3, 0.4) is 0 Å². The van der Waals surface area contributed by atoms with Gasteiger partial charge in [0.05, 0.1) is 6.61 Å². The second-order valence-electron chi connectivity index (χ2n) is 7.45. The van der Waals surface area contributed by atoms with E-state index in [-0.39, 0.29) is 23.5 Å². The van der Waals surface area contributed by atoms with Crippen molar-refractivity contribution in [1.29, 1.82) is 0 Å². The van der Waals surface area contributed by atoms with Crippen LogP contribution in [0.1, 0.15) is 39.0 Å². The van der Waals surface area contributed by atoms with E-state index in [0.717, 1.165) is 25.7 Å². The number of ether oxygens (including phenoxy) is 2. The predicted octanol–water partition coefficient (Wildman–Crippen LogP) is 3.28. The number of carbonyl (C=O) groups is 2. The topological polar surface area (TPSA) is 52.6 Å². The first-order valence-electron chi connectivity index (χ1n) is 8.63. The average molecular weight is 318 g/mol. The Morgan fingerprint density at radius 3 is 2.65 bits per heavy atom. The summed E-state index contributed by atoms with van der Waals surface area (Å²) >= 11 is 0. The van der Waals surface area contributed by atoms with Gasteiger partial charge in [0.25, 0.3) is 0 Å². The van der Waals surface area contributed by atoms with Crippen LogP contribution in [-0.2, 0) is 19.1 Å². The molecule has 0 spiro atoms. The maximum Gasteiger partial charge on any atom is 0.330 e. The van der Waals surface area contributed by atoms with Crippen molar-refractivity contribution in [3.8, 4) is 0 Å². The van der Waals surface area contributed by atoms with E-state index in [9.17, 15) is 9.59 Å². The van der Waals surface area contributed by atoms with Gasteiger partial charge < -0.3 is 9.47 Å². The lowest BCUT2D eigenvalue weighted by atomic mass is 9.70. The second-order valence-corrected chi connectivity index (χ2v) is 7.45. The van der Waals surface area contributed by atoms with Crippen molar-refractivity contribution in [1.82, 2.24) is 0 Å². The van der Waals surface area contributed by atoms with Gasteiger partial charge in [0, 0.05) is 17.6 Å². The summed E-state index contributed by atoms with van der Waals surface area (Å²) < 4.78 is 10.9. The predicted molar refractivity (Wildman–Crippen MR) is 86.4 cm³/mol. The van der Waals surface area contributed by atoms with Crippen LogP contribution < -0.4 is 0 Å². The fraction of sp³-hybridized carbons (Fsp3) is 0.684. The van der Waals surface area contributed by atoms with Crippen LogP contribution in [-0.4, -0.2) is 24.6 Å². The third kappa shape index (κ3) is 2.73. The Balaban J connectivity index is 1.69. The van der Waals surface area contributed by atoms with Gasteiger partial charge in [0.1, 0.15) is 6.10 Å². The maximum absolute atomic E-state index is 11.5. The van der Waals surface area contributed by atoms with Crippen LogP contribution in [0, 0.1) is 29.1 Å². The minimum absolute atomic E-state index is 0.0670. The van der Waals surface area contributed by atoms with Crippen LogP contribution in [0.15, 0.2) is 25.3 Å². The molecule has 3 aliphatic rings. The van der Waals surface area contributed by atoms with Crippen molar-refractivity contribution in [3.63, 3.8) is 0 Å². The molecule has 0 aromatic rings. The average Bonchev–Trinajstić information content (AvgIpc) is 3.23. The minimum atomic E-state index is -0.335. The molecule has 23 heavy (non-hydrogen) atoms. The van der Waals surface area contributed by atoms with Gasteiger partial charge in [-0.3, -0.25) is 0 Å². The largest absolute Gasteiger partial charge is 0.462 e. The van der Waals surface area contributed by atoms with E-state index in [1.54, 1.807) is 0 Å². The van der Waals surface area contributed by atoms with Crippen LogP contribution >= 0.6 is 0 Å². The number of rotatable bonds is 6. The summed E-state index contributed by atoms with van der Waals surface area (Å²) in [6.45, 7) is 9.47. The fourth-order valence-electron chi connectivity index (χ4n) is 5.69. The monoisotopic (exact) mass is 318 g/mol. The van der Waals surface area contributed by atoms with E-state index in [4.69, 9.17) is 9.47 Å². The Labute approximate surface area is 137 Å². The third-order valence-corrected chi connectivity index (χ3v) is 6.52. The number of hydrogen-bond donors (Lipinski definition) is 0. The molecule has 0 saturated heterocycles. The van der Waals surface area contributed by atoms with Gasteiger partial charge in [-0.15, -0.1) is 0 Å². The van der Waals surface area contributed by atoms with Gasteiger partial charge in [0.2, 0.25) is 0 Å². The highest BCUT2D eigenvalue weighted by Gasteiger charge is 2.62. The Morgan fingerprint density at radius 2 is 1.96 bits per heavy atom. The highest BCUT2D eigenvalue weighted by molar-refractivity contribution is 5.81. The van der Waals surface area contributed by atoms with Gasteiger partial charge in [-0.2, -0.15) is 0 Å². The molecule has 6 unspecified atom stereocenters. The van der Waals surface area contributed by atoms with Gasteiger partial charge in [-0.1, -0.05) is 13.2 Å². The molecule has 0 aromatic heterocycles.